The van der Waals surface area contributed by atoms with E-state index in [4.69, 9.17) is 23.2 Å². The van der Waals surface area contributed by atoms with Crippen molar-refractivity contribution in [3.8, 4) is 0 Å². The maximum absolute atomic E-state index is 13.6. The third-order valence-corrected chi connectivity index (χ3v) is 6.50. The van der Waals surface area contributed by atoms with Crippen LogP contribution in [0.4, 0.5) is 21.5 Å². The van der Waals surface area contributed by atoms with Crippen molar-refractivity contribution in [2.75, 3.05) is 15.5 Å². The lowest BCUT2D eigenvalue weighted by Crippen LogP contribution is -2.32. The molecule has 0 unspecified atom stereocenters. The van der Waals surface area contributed by atoms with Crippen molar-refractivity contribution in [3.63, 3.8) is 0 Å². The summed E-state index contributed by atoms with van der Waals surface area (Å²) < 4.78 is 13.6. The highest BCUT2D eigenvalue weighted by Gasteiger charge is 2.39. The van der Waals surface area contributed by atoms with Crippen LogP contribution in [0, 0.1) is 33.5 Å². The number of hydrogen-bond donors (Lipinski definition) is 2. The van der Waals surface area contributed by atoms with Gasteiger partial charge in [0.2, 0.25) is 0 Å². The first kappa shape index (κ1) is 25.4. The zero-order valence-corrected chi connectivity index (χ0v) is 21.4. The van der Waals surface area contributed by atoms with Gasteiger partial charge in [-0.3, -0.25) is 14.4 Å². The van der Waals surface area contributed by atoms with Gasteiger partial charge >= 0.3 is 0 Å². The summed E-state index contributed by atoms with van der Waals surface area (Å²) in [7, 11) is 0. The predicted molar refractivity (Wildman–Crippen MR) is 140 cm³/mol. The molecule has 0 spiro atoms. The van der Waals surface area contributed by atoms with Gasteiger partial charge in [-0.2, -0.15) is 0 Å². The molecule has 184 valence electrons. The van der Waals surface area contributed by atoms with Crippen molar-refractivity contribution >= 4 is 58.0 Å². The summed E-state index contributed by atoms with van der Waals surface area (Å²) in [6, 6.07) is 12.4. The average molecular weight is 526 g/mol. The number of carbonyl (C=O) groups is 3. The fraction of sp³-hybridized carbons (Fsp3) is 0.148. The van der Waals surface area contributed by atoms with E-state index in [2.05, 4.69) is 10.6 Å². The number of imide groups is 1. The van der Waals surface area contributed by atoms with Crippen LogP contribution in [-0.4, -0.2) is 17.7 Å². The Bertz CT molecular complexity index is 1460. The first-order valence-corrected chi connectivity index (χ1v) is 11.7. The number of carbonyl (C=O) groups excluding carboxylic acids is 3. The third kappa shape index (κ3) is 4.72. The SMILES string of the molecule is Cc1cc(C)c(NC(=O)c2ccc(C)c(NC3=C(Cl)C(=O)N(c4ccc(F)c(Cl)c4)C3=O)c2)c(C)c1. The number of nitrogens with zero attached hydrogens (tertiary/aromatic N) is 1. The van der Waals surface area contributed by atoms with Gasteiger partial charge in [0.1, 0.15) is 16.5 Å². The van der Waals surface area contributed by atoms with Crippen molar-refractivity contribution in [3.05, 3.63) is 97.9 Å². The van der Waals surface area contributed by atoms with Gasteiger partial charge in [-0.25, -0.2) is 9.29 Å². The van der Waals surface area contributed by atoms with E-state index in [1.165, 1.54) is 12.1 Å². The smallest absolute Gasteiger partial charge is 0.283 e. The first-order chi connectivity index (χ1) is 17.0. The normalized spacial score (nSPS) is 13.5. The highest BCUT2D eigenvalue weighted by atomic mass is 35.5. The second-order valence-electron chi connectivity index (χ2n) is 8.62. The molecular formula is C27H22Cl2FN3O3. The minimum atomic E-state index is -0.774. The van der Waals surface area contributed by atoms with Crippen molar-refractivity contribution < 1.29 is 18.8 Å². The zero-order valence-electron chi connectivity index (χ0n) is 19.9. The van der Waals surface area contributed by atoms with Crippen LogP contribution in [0.1, 0.15) is 32.6 Å². The Kier molecular flexibility index (Phi) is 6.89. The molecule has 0 saturated heterocycles. The van der Waals surface area contributed by atoms with Gasteiger partial charge in [-0.05, 0) is 74.7 Å². The van der Waals surface area contributed by atoms with Crippen molar-refractivity contribution in [2.24, 2.45) is 0 Å². The van der Waals surface area contributed by atoms with Gasteiger partial charge < -0.3 is 10.6 Å². The van der Waals surface area contributed by atoms with Crippen LogP contribution < -0.4 is 15.5 Å². The number of rotatable bonds is 5. The quantitative estimate of drug-likeness (QED) is 0.377. The Morgan fingerprint density at radius 2 is 1.53 bits per heavy atom. The molecule has 0 fully saturated rings. The van der Waals surface area contributed by atoms with Crippen LogP contribution in [0.15, 0.2) is 59.3 Å². The maximum atomic E-state index is 13.6. The molecule has 0 bridgehead atoms. The van der Waals surface area contributed by atoms with Crippen LogP contribution in [0.2, 0.25) is 5.02 Å². The van der Waals surface area contributed by atoms with Gasteiger partial charge in [0.05, 0.1) is 10.7 Å². The van der Waals surface area contributed by atoms with E-state index in [9.17, 15) is 18.8 Å². The molecule has 3 aromatic carbocycles. The van der Waals surface area contributed by atoms with Crippen LogP contribution >= 0.6 is 23.2 Å². The second-order valence-corrected chi connectivity index (χ2v) is 9.40. The first-order valence-electron chi connectivity index (χ1n) is 11.0. The standard InChI is InChI=1S/C27H22Cl2FN3O3/c1-13-9-15(3)23(16(4)10-13)32-25(34)17-6-5-14(2)21(11-17)31-24-22(29)26(35)33(27(24)36)18-7-8-20(30)19(28)12-18/h5-12,31H,1-4H3,(H,32,34). The molecule has 3 aromatic rings. The zero-order chi connectivity index (χ0) is 26.3. The summed E-state index contributed by atoms with van der Waals surface area (Å²) in [5.74, 6) is -2.51. The molecule has 3 amide bonds. The number of anilines is 3. The van der Waals surface area contributed by atoms with Crippen molar-refractivity contribution in [1.82, 2.24) is 0 Å². The van der Waals surface area contributed by atoms with Crippen LogP contribution in [0.5, 0.6) is 0 Å². The van der Waals surface area contributed by atoms with E-state index in [0.717, 1.165) is 38.9 Å². The van der Waals surface area contributed by atoms with Gasteiger partial charge in [0.15, 0.2) is 0 Å². The molecule has 36 heavy (non-hydrogen) atoms. The Morgan fingerprint density at radius 3 is 2.17 bits per heavy atom. The van der Waals surface area contributed by atoms with E-state index < -0.39 is 17.6 Å². The summed E-state index contributed by atoms with van der Waals surface area (Å²) >= 11 is 12.0. The number of benzene rings is 3. The summed E-state index contributed by atoms with van der Waals surface area (Å²) in [5, 5.41) is 5.28. The fourth-order valence-corrected chi connectivity index (χ4v) is 4.45. The molecule has 1 aliphatic rings. The molecule has 0 aliphatic carbocycles. The monoisotopic (exact) mass is 525 g/mol. The molecule has 0 aromatic heterocycles. The summed E-state index contributed by atoms with van der Waals surface area (Å²) in [6.07, 6.45) is 0. The highest BCUT2D eigenvalue weighted by molar-refractivity contribution is 6.53. The minimum Gasteiger partial charge on any atom is -0.349 e. The molecule has 2 N–H and O–H groups in total. The van der Waals surface area contributed by atoms with E-state index in [1.807, 2.05) is 32.9 Å². The molecule has 1 aliphatic heterocycles. The number of amides is 3. The van der Waals surface area contributed by atoms with E-state index in [1.54, 1.807) is 25.1 Å². The number of aryl methyl sites for hydroxylation is 4. The van der Waals surface area contributed by atoms with Gasteiger partial charge in [-0.15, -0.1) is 0 Å². The van der Waals surface area contributed by atoms with Crippen molar-refractivity contribution in [1.29, 1.82) is 0 Å². The number of nitrogens with one attached hydrogen (secondary N) is 2. The lowest BCUT2D eigenvalue weighted by atomic mass is 10.0. The lowest BCUT2D eigenvalue weighted by molar-refractivity contribution is -0.120. The molecule has 0 atom stereocenters. The predicted octanol–water partition coefficient (Wildman–Crippen LogP) is 6.40. The second kappa shape index (κ2) is 9.76. The molecule has 9 heteroatoms. The highest BCUT2D eigenvalue weighted by Crippen LogP contribution is 2.33. The van der Waals surface area contributed by atoms with E-state index in [-0.39, 0.29) is 27.3 Å². The number of hydrogen-bond acceptors (Lipinski definition) is 4. The van der Waals surface area contributed by atoms with E-state index >= 15 is 0 Å². The maximum Gasteiger partial charge on any atom is 0.283 e. The Morgan fingerprint density at radius 1 is 0.861 bits per heavy atom. The Balaban J connectivity index is 1.60. The largest absolute Gasteiger partial charge is 0.349 e. The lowest BCUT2D eigenvalue weighted by Gasteiger charge is -2.17. The Labute approximate surface area is 217 Å². The van der Waals surface area contributed by atoms with Gasteiger partial charge in [0.25, 0.3) is 17.7 Å². The average Bonchev–Trinajstić information content (AvgIpc) is 3.02. The molecule has 0 saturated carbocycles. The number of halogens is 3. The van der Waals surface area contributed by atoms with E-state index in [0.29, 0.717) is 11.3 Å². The summed E-state index contributed by atoms with van der Waals surface area (Å²) in [6.45, 7) is 7.62. The van der Waals surface area contributed by atoms with Crippen molar-refractivity contribution in [2.45, 2.75) is 27.7 Å². The summed E-state index contributed by atoms with van der Waals surface area (Å²) in [5.41, 5.74) is 5.13. The molecule has 4 rings (SSSR count). The third-order valence-electron chi connectivity index (χ3n) is 5.86. The molecule has 6 nitrogen and oxygen atoms in total. The fourth-order valence-electron chi connectivity index (χ4n) is 4.07. The van der Waals surface area contributed by atoms with Crippen LogP contribution in [0.25, 0.3) is 0 Å². The van der Waals surface area contributed by atoms with Crippen LogP contribution in [-0.2, 0) is 9.59 Å². The molecule has 1 heterocycles. The minimum absolute atomic E-state index is 0.0834. The molecular weight excluding hydrogens is 504 g/mol. The molecule has 0 radical (unpaired) electrons. The Hall–Kier alpha value is -3.68. The van der Waals surface area contributed by atoms with Crippen LogP contribution in [0.3, 0.4) is 0 Å². The van der Waals surface area contributed by atoms with Gasteiger partial charge in [0, 0.05) is 16.9 Å². The topological polar surface area (TPSA) is 78.5 Å². The summed E-state index contributed by atoms with van der Waals surface area (Å²) in [4.78, 5) is 39.7. The van der Waals surface area contributed by atoms with Gasteiger partial charge in [-0.1, -0.05) is 47.0 Å².